The maximum atomic E-state index is 13.2. The van der Waals surface area contributed by atoms with Gasteiger partial charge in [0.1, 0.15) is 5.82 Å². The third-order valence-corrected chi connectivity index (χ3v) is 4.78. The number of hydrogen-bond acceptors (Lipinski definition) is 6. The number of aryl methyl sites for hydroxylation is 1. The lowest BCUT2D eigenvalue weighted by atomic mass is 10.1. The number of nitrogens with one attached hydrogen (secondary N) is 1. The molecule has 32 heavy (non-hydrogen) atoms. The summed E-state index contributed by atoms with van der Waals surface area (Å²) in [7, 11) is 0. The molecule has 0 radical (unpaired) electrons. The van der Waals surface area contributed by atoms with Gasteiger partial charge in [0.15, 0.2) is 5.82 Å². The Morgan fingerprint density at radius 2 is 1.81 bits per heavy atom. The first-order chi connectivity index (χ1) is 15.4. The van der Waals surface area contributed by atoms with E-state index in [1.54, 1.807) is 12.1 Å². The number of aromatic nitrogens is 3. The van der Waals surface area contributed by atoms with Crippen LogP contribution < -0.4 is 5.32 Å². The van der Waals surface area contributed by atoms with Gasteiger partial charge in [0.2, 0.25) is 5.95 Å². The molecule has 0 saturated heterocycles. The lowest BCUT2D eigenvalue weighted by Crippen LogP contribution is -2.17. The summed E-state index contributed by atoms with van der Waals surface area (Å²) < 4.78 is 14.3. The molecule has 0 spiro atoms. The van der Waals surface area contributed by atoms with E-state index in [0.717, 1.165) is 15.8 Å². The van der Waals surface area contributed by atoms with Crippen molar-refractivity contribution in [1.29, 1.82) is 0 Å². The van der Waals surface area contributed by atoms with Crippen LogP contribution in [0.5, 0.6) is 0 Å². The quantitative estimate of drug-likeness (QED) is 0.353. The number of non-ortho nitro benzene ring substituents is 1. The van der Waals surface area contributed by atoms with E-state index in [1.165, 1.54) is 36.4 Å². The van der Waals surface area contributed by atoms with Crippen LogP contribution in [0.15, 0.2) is 72.8 Å². The Bertz CT molecular complexity index is 1280. The fourth-order valence-electron chi connectivity index (χ4n) is 3.05. The fourth-order valence-corrected chi connectivity index (χ4v) is 3.05. The number of benzene rings is 3. The fraction of sp³-hybridized carbons (Fsp3) is 0.0870. The highest BCUT2D eigenvalue weighted by molar-refractivity contribution is 5.97. The van der Waals surface area contributed by atoms with Crippen LogP contribution in [0.2, 0.25) is 0 Å². The molecule has 160 valence electrons. The highest BCUT2D eigenvalue weighted by Gasteiger charge is 2.20. The van der Waals surface area contributed by atoms with Crippen molar-refractivity contribution in [1.82, 2.24) is 14.8 Å². The van der Waals surface area contributed by atoms with Crippen LogP contribution in [0.1, 0.15) is 21.5 Å². The summed E-state index contributed by atoms with van der Waals surface area (Å²) in [4.78, 5) is 28.1. The normalized spacial score (nSPS) is 10.7. The Morgan fingerprint density at radius 3 is 2.50 bits per heavy atom. The van der Waals surface area contributed by atoms with Gasteiger partial charge in [-0.15, -0.1) is 5.10 Å². The van der Waals surface area contributed by atoms with Gasteiger partial charge in [0.25, 0.3) is 11.6 Å². The number of carbonyl (C=O) groups excluding carboxylic acids is 1. The van der Waals surface area contributed by atoms with Crippen LogP contribution in [0.25, 0.3) is 11.4 Å². The van der Waals surface area contributed by atoms with Crippen molar-refractivity contribution in [3.8, 4) is 11.4 Å². The third kappa shape index (κ3) is 4.51. The van der Waals surface area contributed by atoms with Crippen molar-refractivity contribution >= 4 is 17.5 Å². The van der Waals surface area contributed by atoms with Gasteiger partial charge >= 0.3 is 0 Å². The molecule has 0 amide bonds. The number of rotatable bonds is 6. The number of carbonyl (C=O) groups is 1. The summed E-state index contributed by atoms with van der Waals surface area (Å²) in [5.41, 5.74) is 2.46. The van der Waals surface area contributed by atoms with Crippen LogP contribution >= 0.6 is 0 Å². The minimum Gasteiger partial charge on any atom is -0.350 e. The average Bonchev–Trinajstić information content (AvgIpc) is 3.23. The summed E-state index contributed by atoms with van der Waals surface area (Å²) in [5, 5.41) is 18.5. The van der Waals surface area contributed by atoms with Gasteiger partial charge < -0.3 is 5.32 Å². The molecule has 1 N–H and O–H groups in total. The molecule has 0 saturated carbocycles. The summed E-state index contributed by atoms with van der Waals surface area (Å²) in [6, 6.07) is 18.8. The van der Waals surface area contributed by atoms with E-state index >= 15 is 0 Å². The van der Waals surface area contributed by atoms with Gasteiger partial charge in [0.05, 0.1) is 4.92 Å². The van der Waals surface area contributed by atoms with E-state index in [1.807, 2.05) is 31.2 Å². The molecule has 4 aromatic rings. The van der Waals surface area contributed by atoms with Gasteiger partial charge in [-0.25, -0.2) is 4.39 Å². The lowest BCUT2D eigenvalue weighted by Gasteiger charge is -2.07. The predicted molar refractivity (Wildman–Crippen MR) is 117 cm³/mol. The molecule has 4 rings (SSSR count). The van der Waals surface area contributed by atoms with E-state index in [4.69, 9.17) is 0 Å². The Hall–Kier alpha value is -4.40. The lowest BCUT2D eigenvalue weighted by molar-refractivity contribution is -0.384. The second kappa shape index (κ2) is 8.76. The molecule has 0 fully saturated rings. The Kier molecular flexibility index (Phi) is 5.71. The number of hydrogen-bond donors (Lipinski definition) is 1. The second-order valence-corrected chi connectivity index (χ2v) is 7.13. The minimum atomic E-state index is -0.568. The zero-order valence-electron chi connectivity index (χ0n) is 17.0. The topological polar surface area (TPSA) is 103 Å². The highest BCUT2D eigenvalue weighted by Crippen LogP contribution is 2.21. The molecular formula is C23H18FN5O3. The number of anilines is 1. The number of nitro benzene ring substituents is 1. The van der Waals surface area contributed by atoms with Crippen LogP contribution in [0.3, 0.4) is 0 Å². The van der Waals surface area contributed by atoms with Gasteiger partial charge in [0, 0.05) is 29.8 Å². The Balaban J connectivity index is 1.70. The van der Waals surface area contributed by atoms with Crippen LogP contribution in [0.4, 0.5) is 16.0 Å². The van der Waals surface area contributed by atoms with Crippen LogP contribution in [0, 0.1) is 22.9 Å². The maximum Gasteiger partial charge on any atom is 0.281 e. The van der Waals surface area contributed by atoms with Crippen molar-refractivity contribution in [3.05, 3.63) is 105 Å². The summed E-state index contributed by atoms with van der Waals surface area (Å²) >= 11 is 0. The molecule has 9 heteroatoms. The molecule has 8 nitrogen and oxygen atoms in total. The van der Waals surface area contributed by atoms with E-state index in [9.17, 15) is 19.3 Å². The van der Waals surface area contributed by atoms with Crippen molar-refractivity contribution in [2.75, 3.05) is 5.32 Å². The van der Waals surface area contributed by atoms with Gasteiger partial charge in [-0.05, 0) is 30.7 Å². The van der Waals surface area contributed by atoms with Gasteiger partial charge in [-0.1, -0.05) is 48.0 Å². The second-order valence-electron chi connectivity index (χ2n) is 7.13. The number of halogens is 1. The van der Waals surface area contributed by atoms with Crippen molar-refractivity contribution in [2.24, 2.45) is 0 Å². The molecule has 0 aliphatic heterocycles. The smallest absolute Gasteiger partial charge is 0.281 e. The Morgan fingerprint density at radius 1 is 1.09 bits per heavy atom. The first-order valence-corrected chi connectivity index (χ1v) is 9.72. The maximum absolute atomic E-state index is 13.2. The molecule has 1 heterocycles. The molecule has 0 atom stereocenters. The van der Waals surface area contributed by atoms with Crippen molar-refractivity contribution in [2.45, 2.75) is 13.5 Å². The SMILES string of the molecule is Cc1ccc(-c2nc(NCc3ccc(F)cc3)n(C(=O)c3cccc([N+](=O)[O-])c3)n2)cc1. The number of nitrogens with zero attached hydrogens (tertiary/aromatic N) is 4. The van der Waals surface area contributed by atoms with E-state index in [-0.39, 0.29) is 29.6 Å². The van der Waals surface area contributed by atoms with E-state index in [2.05, 4.69) is 15.4 Å². The summed E-state index contributed by atoms with van der Waals surface area (Å²) in [5.74, 6) is -0.424. The van der Waals surface area contributed by atoms with Gasteiger partial charge in [-0.2, -0.15) is 9.67 Å². The molecule has 3 aromatic carbocycles. The van der Waals surface area contributed by atoms with Crippen LogP contribution in [-0.4, -0.2) is 25.6 Å². The molecule has 1 aromatic heterocycles. The largest absolute Gasteiger partial charge is 0.350 e. The first kappa shape index (κ1) is 20.9. The monoisotopic (exact) mass is 431 g/mol. The average molecular weight is 431 g/mol. The van der Waals surface area contributed by atoms with Crippen molar-refractivity contribution in [3.63, 3.8) is 0 Å². The van der Waals surface area contributed by atoms with Gasteiger partial charge in [-0.3, -0.25) is 14.9 Å². The molecule has 0 unspecified atom stereocenters. The zero-order chi connectivity index (χ0) is 22.7. The standard InChI is InChI=1S/C23H18FN5O3/c1-15-5-9-17(10-6-15)21-26-23(25-14-16-7-11-19(24)12-8-16)28(27-21)22(30)18-3-2-4-20(13-18)29(31)32/h2-13H,14H2,1H3,(H,25,26,27). The number of nitro groups is 1. The summed E-state index contributed by atoms with van der Waals surface area (Å²) in [6.07, 6.45) is 0. The van der Waals surface area contributed by atoms with Crippen LogP contribution in [-0.2, 0) is 6.54 Å². The summed E-state index contributed by atoms with van der Waals surface area (Å²) in [6.45, 7) is 2.23. The highest BCUT2D eigenvalue weighted by atomic mass is 19.1. The van der Waals surface area contributed by atoms with Crippen molar-refractivity contribution < 1.29 is 14.1 Å². The Labute approximate surface area is 182 Å². The molecule has 0 bridgehead atoms. The third-order valence-electron chi connectivity index (χ3n) is 4.78. The molecule has 0 aliphatic rings. The van der Waals surface area contributed by atoms with E-state index < -0.39 is 10.8 Å². The zero-order valence-corrected chi connectivity index (χ0v) is 17.0. The molecular weight excluding hydrogens is 413 g/mol. The first-order valence-electron chi connectivity index (χ1n) is 9.72. The molecule has 0 aliphatic carbocycles. The predicted octanol–water partition coefficient (Wildman–Crippen LogP) is 4.60. The minimum absolute atomic E-state index is 0.101. The van der Waals surface area contributed by atoms with E-state index in [0.29, 0.717) is 11.4 Å².